The molecule has 1 saturated heterocycles. The van der Waals surface area contributed by atoms with Crippen LogP contribution >= 0.6 is 0 Å². The number of nitrogens with zero attached hydrogens (tertiary/aromatic N) is 1. The molecule has 1 aliphatic heterocycles. The van der Waals surface area contributed by atoms with E-state index in [2.05, 4.69) is 0 Å². The molecule has 1 aliphatic rings. The van der Waals surface area contributed by atoms with Gasteiger partial charge in [-0.05, 0) is 30.4 Å². The number of hydrogen-bond donors (Lipinski definition) is 2. The van der Waals surface area contributed by atoms with Crippen LogP contribution in [0.5, 0.6) is 0 Å². The van der Waals surface area contributed by atoms with Gasteiger partial charge in [0, 0.05) is 13.1 Å². The summed E-state index contributed by atoms with van der Waals surface area (Å²) in [6, 6.07) is 5.80. The molecule has 0 amide bonds. The van der Waals surface area contributed by atoms with Gasteiger partial charge in [-0.15, -0.1) is 0 Å². The molecule has 0 aromatic heterocycles. The van der Waals surface area contributed by atoms with E-state index in [4.69, 9.17) is 10.0 Å². The first kappa shape index (κ1) is 13.5. The van der Waals surface area contributed by atoms with E-state index in [0.717, 1.165) is 19.3 Å². The third kappa shape index (κ3) is 2.75. The van der Waals surface area contributed by atoms with Crippen LogP contribution in [0, 0.1) is 0 Å². The molecule has 0 bridgehead atoms. The standard InChI is InChI=1S/C11H16BNO4S/c14-12(15)10-5-4-6-11(9-10)18(16,17)13-7-2-1-3-8-13/h4-6,9,14-15H,1-3,7-8H2. The van der Waals surface area contributed by atoms with Gasteiger partial charge in [0.15, 0.2) is 0 Å². The minimum atomic E-state index is -3.51. The molecule has 18 heavy (non-hydrogen) atoms. The maximum absolute atomic E-state index is 12.3. The summed E-state index contributed by atoms with van der Waals surface area (Å²) in [5.41, 5.74) is 0.188. The third-order valence-corrected chi connectivity index (χ3v) is 5.00. The summed E-state index contributed by atoms with van der Waals surface area (Å²) in [6.07, 6.45) is 2.81. The lowest BCUT2D eigenvalue weighted by atomic mass is 9.80. The first-order chi connectivity index (χ1) is 8.51. The van der Waals surface area contributed by atoms with Crippen LogP contribution in [0.3, 0.4) is 0 Å². The van der Waals surface area contributed by atoms with Crippen LogP contribution in [0.1, 0.15) is 19.3 Å². The molecule has 1 aromatic rings. The van der Waals surface area contributed by atoms with Gasteiger partial charge in [0.05, 0.1) is 4.90 Å². The van der Waals surface area contributed by atoms with Gasteiger partial charge in [0.2, 0.25) is 10.0 Å². The molecule has 0 aliphatic carbocycles. The van der Waals surface area contributed by atoms with Crippen molar-refractivity contribution in [2.24, 2.45) is 0 Å². The zero-order valence-corrected chi connectivity index (χ0v) is 10.8. The van der Waals surface area contributed by atoms with E-state index in [9.17, 15) is 8.42 Å². The molecule has 0 atom stereocenters. The van der Waals surface area contributed by atoms with Crippen LogP contribution in [-0.4, -0.2) is 43.0 Å². The van der Waals surface area contributed by atoms with Crippen molar-refractivity contribution in [1.82, 2.24) is 4.31 Å². The molecule has 2 N–H and O–H groups in total. The van der Waals surface area contributed by atoms with Gasteiger partial charge in [-0.2, -0.15) is 4.31 Å². The third-order valence-electron chi connectivity index (χ3n) is 3.11. The molecule has 2 rings (SSSR count). The van der Waals surface area contributed by atoms with E-state index >= 15 is 0 Å². The zero-order valence-electron chi connectivity index (χ0n) is 9.99. The molecule has 1 heterocycles. The highest BCUT2D eigenvalue weighted by atomic mass is 32.2. The van der Waals surface area contributed by atoms with Gasteiger partial charge in [-0.3, -0.25) is 0 Å². The molecule has 1 aromatic carbocycles. The van der Waals surface area contributed by atoms with E-state index in [0.29, 0.717) is 13.1 Å². The normalized spacial score (nSPS) is 17.7. The Morgan fingerprint density at radius 2 is 1.78 bits per heavy atom. The van der Waals surface area contributed by atoms with Crippen LogP contribution in [0.25, 0.3) is 0 Å². The smallest absolute Gasteiger partial charge is 0.423 e. The van der Waals surface area contributed by atoms with Gasteiger partial charge in [-0.25, -0.2) is 8.42 Å². The number of sulfonamides is 1. The summed E-state index contributed by atoms with van der Waals surface area (Å²) < 4.78 is 26.1. The Hall–Kier alpha value is -0.885. The minimum absolute atomic E-state index is 0.120. The molecule has 7 heteroatoms. The average molecular weight is 269 g/mol. The Labute approximate surface area is 107 Å². The Balaban J connectivity index is 2.31. The van der Waals surface area contributed by atoms with Crippen molar-refractivity contribution in [3.8, 4) is 0 Å². The average Bonchev–Trinajstić information content (AvgIpc) is 2.40. The maximum Gasteiger partial charge on any atom is 0.488 e. The van der Waals surface area contributed by atoms with Crippen molar-refractivity contribution in [3.63, 3.8) is 0 Å². The lowest BCUT2D eigenvalue weighted by molar-refractivity contribution is 0.346. The predicted molar refractivity (Wildman–Crippen MR) is 68.9 cm³/mol. The second-order valence-corrected chi connectivity index (χ2v) is 6.35. The summed E-state index contributed by atoms with van der Waals surface area (Å²) in [5, 5.41) is 18.1. The van der Waals surface area contributed by atoms with Gasteiger partial charge >= 0.3 is 7.12 Å². The second kappa shape index (κ2) is 5.40. The largest absolute Gasteiger partial charge is 0.488 e. The van der Waals surface area contributed by atoms with E-state index in [-0.39, 0.29) is 10.4 Å². The highest BCUT2D eigenvalue weighted by Gasteiger charge is 2.26. The highest BCUT2D eigenvalue weighted by molar-refractivity contribution is 7.89. The second-order valence-electron chi connectivity index (χ2n) is 4.41. The maximum atomic E-state index is 12.3. The van der Waals surface area contributed by atoms with Gasteiger partial charge < -0.3 is 10.0 Å². The van der Waals surface area contributed by atoms with Crippen molar-refractivity contribution in [2.75, 3.05) is 13.1 Å². The Bertz CT molecular complexity index is 512. The number of rotatable bonds is 3. The number of hydrogen-bond acceptors (Lipinski definition) is 4. The fourth-order valence-corrected chi connectivity index (χ4v) is 3.66. The summed E-state index contributed by atoms with van der Waals surface area (Å²) in [6.45, 7) is 1.07. The summed E-state index contributed by atoms with van der Waals surface area (Å²) in [7, 11) is -5.16. The molecule has 0 spiro atoms. The molecular weight excluding hydrogens is 253 g/mol. The predicted octanol–water partition coefficient (Wildman–Crippen LogP) is -0.459. The number of piperidine rings is 1. The Kier molecular flexibility index (Phi) is 4.06. The molecular formula is C11H16BNO4S. The van der Waals surface area contributed by atoms with Crippen LogP contribution in [0.2, 0.25) is 0 Å². The van der Waals surface area contributed by atoms with Crippen LogP contribution in [-0.2, 0) is 10.0 Å². The van der Waals surface area contributed by atoms with E-state index in [1.807, 2.05) is 0 Å². The SMILES string of the molecule is O=S(=O)(c1cccc(B(O)O)c1)N1CCCCC1. The zero-order chi connectivity index (χ0) is 13.2. The lowest BCUT2D eigenvalue weighted by Gasteiger charge is -2.26. The number of benzene rings is 1. The monoisotopic (exact) mass is 269 g/mol. The van der Waals surface area contributed by atoms with Crippen LogP contribution < -0.4 is 5.46 Å². The highest BCUT2D eigenvalue weighted by Crippen LogP contribution is 2.19. The Morgan fingerprint density at radius 3 is 2.39 bits per heavy atom. The molecule has 0 radical (unpaired) electrons. The molecule has 1 fully saturated rings. The van der Waals surface area contributed by atoms with Crippen molar-refractivity contribution < 1.29 is 18.5 Å². The summed E-state index contributed by atoms with van der Waals surface area (Å²) in [4.78, 5) is 0.120. The molecule has 5 nitrogen and oxygen atoms in total. The molecule has 0 saturated carbocycles. The van der Waals surface area contributed by atoms with Crippen LogP contribution in [0.4, 0.5) is 0 Å². The topological polar surface area (TPSA) is 77.8 Å². The summed E-state index contributed by atoms with van der Waals surface area (Å²) >= 11 is 0. The van der Waals surface area contributed by atoms with Crippen molar-refractivity contribution in [3.05, 3.63) is 24.3 Å². The van der Waals surface area contributed by atoms with Gasteiger partial charge in [0.1, 0.15) is 0 Å². The van der Waals surface area contributed by atoms with Crippen molar-refractivity contribution in [2.45, 2.75) is 24.2 Å². The first-order valence-corrected chi connectivity index (χ1v) is 7.42. The first-order valence-electron chi connectivity index (χ1n) is 5.98. The van der Waals surface area contributed by atoms with E-state index in [1.54, 1.807) is 0 Å². The van der Waals surface area contributed by atoms with Gasteiger partial charge in [-0.1, -0.05) is 18.6 Å². The summed E-state index contributed by atoms with van der Waals surface area (Å²) in [5.74, 6) is 0. The molecule has 0 unspecified atom stereocenters. The van der Waals surface area contributed by atoms with Gasteiger partial charge in [0.25, 0.3) is 0 Å². The minimum Gasteiger partial charge on any atom is -0.423 e. The van der Waals surface area contributed by atoms with E-state index < -0.39 is 17.1 Å². The molecule has 98 valence electrons. The quantitative estimate of drug-likeness (QED) is 0.728. The fourth-order valence-electron chi connectivity index (χ4n) is 2.09. The Morgan fingerprint density at radius 1 is 1.11 bits per heavy atom. The lowest BCUT2D eigenvalue weighted by Crippen LogP contribution is -2.37. The van der Waals surface area contributed by atoms with Crippen molar-refractivity contribution >= 4 is 22.6 Å². The van der Waals surface area contributed by atoms with E-state index in [1.165, 1.54) is 28.6 Å². The van der Waals surface area contributed by atoms with Crippen molar-refractivity contribution in [1.29, 1.82) is 0 Å². The van der Waals surface area contributed by atoms with Crippen LogP contribution in [0.15, 0.2) is 29.2 Å². The fraction of sp³-hybridized carbons (Fsp3) is 0.455.